The molecule has 2 aromatic carbocycles. The Labute approximate surface area is 164 Å². The van der Waals surface area contributed by atoms with E-state index in [9.17, 15) is 9.18 Å². The van der Waals surface area contributed by atoms with Gasteiger partial charge in [0.1, 0.15) is 5.82 Å². The van der Waals surface area contributed by atoms with Gasteiger partial charge in [0, 0.05) is 35.8 Å². The number of carbonyl (C=O) groups excluding carboxylic acids is 1. The largest absolute Gasteiger partial charge is 0.352 e. The lowest BCUT2D eigenvalue weighted by Gasteiger charge is -2.39. The van der Waals surface area contributed by atoms with Crippen molar-refractivity contribution in [2.24, 2.45) is 5.92 Å². The van der Waals surface area contributed by atoms with E-state index in [2.05, 4.69) is 40.5 Å². The van der Waals surface area contributed by atoms with E-state index in [0.717, 1.165) is 19.4 Å². The second-order valence-electron chi connectivity index (χ2n) is 7.75. The molecule has 0 aromatic heterocycles. The molecule has 27 heavy (non-hydrogen) atoms. The Morgan fingerprint density at radius 3 is 2.48 bits per heavy atom. The Bertz CT molecular complexity index is 779. The fourth-order valence-corrected chi connectivity index (χ4v) is 4.85. The van der Waals surface area contributed by atoms with Crippen molar-refractivity contribution in [2.75, 3.05) is 6.54 Å². The zero-order valence-electron chi connectivity index (χ0n) is 15.2. The molecule has 2 bridgehead atoms. The third-order valence-corrected chi connectivity index (χ3v) is 6.08. The van der Waals surface area contributed by atoms with Crippen molar-refractivity contribution in [1.82, 2.24) is 10.2 Å². The second kappa shape index (κ2) is 7.99. The van der Waals surface area contributed by atoms with E-state index < -0.39 is 5.82 Å². The number of rotatable bonds is 5. The van der Waals surface area contributed by atoms with E-state index in [4.69, 9.17) is 11.6 Å². The fourth-order valence-electron chi connectivity index (χ4n) is 4.63. The van der Waals surface area contributed by atoms with Crippen LogP contribution in [0.5, 0.6) is 0 Å². The summed E-state index contributed by atoms with van der Waals surface area (Å²) in [6.07, 6.45) is 4.68. The highest BCUT2D eigenvalue weighted by Crippen LogP contribution is 2.39. The minimum Gasteiger partial charge on any atom is -0.352 e. The van der Waals surface area contributed by atoms with Gasteiger partial charge < -0.3 is 5.32 Å². The summed E-state index contributed by atoms with van der Waals surface area (Å²) < 4.78 is 13.4. The molecule has 0 saturated carbocycles. The minimum absolute atomic E-state index is 0.243. The molecule has 3 atom stereocenters. The molecule has 3 nitrogen and oxygen atoms in total. The average Bonchev–Trinajstić information content (AvgIpc) is 2.88. The van der Waals surface area contributed by atoms with Gasteiger partial charge in [0.15, 0.2) is 0 Å². The Kier molecular flexibility index (Phi) is 5.46. The van der Waals surface area contributed by atoms with E-state index in [1.54, 1.807) is 0 Å². The molecule has 4 rings (SSSR count). The molecular formula is C22H24ClFN2O. The zero-order chi connectivity index (χ0) is 18.8. The highest BCUT2D eigenvalue weighted by molar-refractivity contribution is 6.31. The molecule has 2 aliphatic rings. The first kappa shape index (κ1) is 18.5. The Morgan fingerprint density at radius 1 is 1.11 bits per heavy atom. The molecule has 2 fully saturated rings. The van der Waals surface area contributed by atoms with Crippen LogP contribution in [0.15, 0.2) is 48.5 Å². The van der Waals surface area contributed by atoms with Crippen LogP contribution in [0.1, 0.15) is 41.6 Å². The fraction of sp³-hybridized carbons (Fsp3) is 0.409. The van der Waals surface area contributed by atoms with Gasteiger partial charge in [0.05, 0.1) is 0 Å². The van der Waals surface area contributed by atoms with Crippen molar-refractivity contribution in [1.29, 1.82) is 0 Å². The molecule has 2 aliphatic heterocycles. The number of amides is 1. The Morgan fingerprint density at radius 2 is 1.81 bits per heavy atom. The Hall–Kier alpha value is -1.91. The molecule has 0 unspecified atom stereocenters. The third kappa shape index (κ3) is 4.33. The lowest BCUT2D eigenvalue weighted by Crippen LogP contribution is -2.45. The number of halogens is 2. The molecule has 2 saturated heterocycles. The number of piperidine rings is 1. The molecule has 1 amide bonds. The first-order chi connectivity index (χ1) is 13.1. The van der Waals surface area contributed by atoms with Gasteiger partial charge in [-0.2, -0.15) is 0 Å². The van der Waals surface area contributed by atoms with Gasteiger partial charge in [-0.25, -0.2) is 4.39 Å². The van der Waals surface area contributed by atoms with Gasteiger partial charge in [0.25, 0.3) is 5.91 Å². The van der Waals surface area contributed by atoms with Crippen molar-refractivity contribution in [2.45, 2.75) is 44.3 Å². The van der Waals surface area contributed by atoms with Crippen molar-refractivity contribution in [3.8, 4) is 0 Å². The lowest BCUT2D eigenvalue weighted by molar-refractivity contribution is 0.0850. The van der Waals surface area contributed by atoms with Crippen LogP contribution in [0.2, 0.25) is 5.02 Å². The molecule has 5 heteroatoms. The summed E-state index contributed by atoms with van der Waals surface area (Å²) in [5, 5.41) is 3.22. The highest BCUT2D eigenvalue weighted by atomic mass is 35.5. The van der Waals surface area contributed by atoms with E-state index in [1.165, 1.54) is 36.6 Å². The smallest absolute Gasteiger partial charge is 0.251 e. The number of fused-ring (bicyclic) bond motifs is 2. The van der Waals surface area contributed by atoms with E-state index >= 15 is 0 Å². The first-order valence-corrected chi connectivity index (χ1v) is 10.0. The SMILES string of the molecule is O=C(NC[C@@H]1C[C@H]2CC[C@@H](C1)N2Cc1ccccc1)c1cc(F)cc(Cl)c1. The topological polar surface area (TPSA) is 32.3 Å². The summed E-state index contributed by atoms with van der Waals surface area (Å²) in [6, 6.07) is 15.8. The number of nitrogens with one attached hydrogen (secondary N) is 1. The summed E-state index contributed by atoms with van der Waals surface area (Å²) in [7, 11) is 0. The summed E-state index contributed by atoms with van der Waals surface area (Å²) >= 11 is 5.85. The van der Waals surface area contributed by atoms with E-state index in [1.807, 2.05) is 0 Å². The number of benzene rings is 2. The monoisotopic (exact) mass is 386 g/mol. The first-order valence-electron chi connectivity index (χ1n) is 9.62. The van der Waals surface area contributed by atoms with Crippen LogP contribution in [0.25, 0.3) is 0 Å². The van der Waals surface area contributed by atoms with Gasteiger partial charge in [-0.1, -0.05) is 41.9 Å². The highest BCUT2D eigenvalue weighted by Gasteiger charge is 2.40. The van der Waals surface area contributed by atoms with Crippen LogP contribution in [0.4, 0.5) is 4.39 Å². The third-order valence-electron chi connectivity index (χ3n) is 5.87. The molecule has 0 spiro atoms. The molecule has 1 N–H and O–H groups in total. The van der Waals surface area contributed by atoms with Gasteiger partial charge in [0.2, 0.25) is 0 Å². The normalized spacial score (nSPS) is 24.7. The van der Waals surface area contributed by atoms with E-state index in [0.29, 0.717) is 24.5 Å². The van der Waals surface area contributed by atoms with Gasteiger partial charge in [-0.15, -0.1) is 0 Å². The predicted octanol–water partition coefficient (Wildman–Crippen LogP) is 4.65. The summed E-state index contributed by atoms with van der Waals surface area (Å²) in [4.78, 5) is 15.0. The molecule has 0 radical (unpaired) electrons. The maximum absolute atomic E-state index is 13.4. The van der Waals surface area contributed by atoms with Crippen LogP contribution in [-0.4, -0.2) is 29.4 Å². The number of hydrogen-bond donors (Lipinski definition) is 1. The van der Waals surface area contributed by atoms with Crippen LogP contribution in [0.3, 0.4) is 0 Å². The summed E-state index contributed by atoms with van der Waals surface area (Å²) in [5.74, 6) is -0.266. The number of hydrogen-bond acceptors (Lipinski definition) is 2. The van der Waals surface area contributed by atoms with Crippen molar-refractivity contribution >= 4 is 17.5 Å². The van der Waals surface area contributed by atoms with Crippen LogP contribution < -0.4 is 5.32 Å². The summed E-state index contributed by atoms with van der Waals surface area (Å²) in [6.45, 7) is 1.65. The van der Waals surface area contributed by atoms with Gasteiger partial charge in [-0.05, 0) is 55.4 Å². The quantitative estimate of drug-likeness (QED) is 0.811. The van der Waals surface area contributed by atoms with Crippen molar-refractivity contribution in [3.05, 3.63) is 70.5 Å². The van der Waals surface area contributed by atoms with Crippen LogP contribution in [0, 0.1) is 11.7 Å². The predicted molar refractivity (Wildman–Crippen MR) is 105 cm³/mol. The van der Waals surface area contributed by atoms with Gasteiger partial charge in [-0.3, -0.25) is 9.69 Å². The van der Waals surface area contributed by atoms with E-state index in [-0.39, 0.29) is 16.5 Å². The van der Waals surface area contributed by atoms with Crippen molar-refractivity contribution in [3.63, 3.8) is 0 Å². The maximum Gasteiger partial charge on any atom is 0.251 e. The Balaban J connectivity index is 1.33. The van der Waals surface area contributed by atoms with Gasteiger partial charge >= 0.3 is 0 Å². The minimum atomic E-state index is -0.486. The average molecular weight is 387 g/mol. The molecular weight excluding hydrogens is 363 g/mol. The lowest BCUT2D eigenvalue weighted by atomic mass is 9.90. The second-order valence-corrected chi connectivity index (χ2v) is 8.18. The van der Waals surface area contributed by atoms with Crippen molar-refractivity contribution < 1.29 is 9.18 Å². The molecule has 142 valence electrons. The number of carbonyl (C=O) groups is 1. The molecule has 2 aromatic rings. The number of nitrogens with zero attached hydrogens (tertiary/aromatic N) is 1. The van der Waals surface area contributed by atoms with Crippen LogP contribution in [-0.2, 0) is 6.54 Å². The molecule has 0 aliphatic carbocycles. The van der Waals surface area contributed by atoms with Crippen LogP contribution >= 0.6 is 11.6 Å². The zero-order valence-corrected chi connectivity index (χ0v) is 16.0. The summed E-state index contributed by atoms with van der Waals surface area (Å²) in [5.41, 5.74) is 1.65. The standard InChI is InChI=1S/C22H24ClFN2O/c23-18-10-17(11-19(24)12-18)22(27)25-13-16-8-20-6-7-21(9-16)26(20)14-15-4-2-1-3-5-15/h1-5,10-12,16,20-21H,6-9,13-14H2,(H,25,27)/t16-,20-,21+. The maximum atomic E-state index is 13.4. The molecule has 2 heterocycles.